The lowest BCUT2D eigenvalue weighted by atomic mass is 9.99. The monoisotopic (exact) mass is 426 g/mol. The van der Waals surface area contributed by atoms with Gasteiger partial charge in [-0.15, -0.1) is 11.3 Å². The number of aromatic nitrogens is 2. The number of furan rings is 1. The highest BCUT2D eigenvalue weighted by molar-refractivity contribution is 7.17. The van der Waals surface area contributed by atoms with E-state index in [1.54, 1.807) is 30.5 Å². The van der Waals surface area contributed by atoms with Gasteiger partial charge in [-0.1, -0.05) is 0 Å². The van der Waals surface area contributed by atoms with Gasteiger partial charge in [-0.25, -0.2) is 9.97 Å². The molecule has 5 N–H and O–H groups in total. The average molecular weight is 427 g/mol. The number of pyridine rings is 1. The van der Waals surface area contributed by atoms with Crippen LogP contribution in [-0.2, 0) is 0 Å². The van der Waals surface area contributed by atoms with Crippen molar-refractivity contribution in [2.45, 2.75) is 13.3 Å². The molecule has 0 aliphatic heterocycles. The normalized spacial score (nSPS) is 11.7. The maximum atomic E-state index is 12.2. The van der Waals surface area contributed by atoms with E-state index in [1.165, 1.54) is 23.8 Å². The van der Waals surface area contributed by atoms with Gasteiger partial charge in [0.15, 0.2) is 5.76 Å². The quantitative estimate of drug-likeness (QED) is 0.365. The summed E-state index contributed by atoms with van der Waals surface area (Å²) in [5.41, 5.74) is 6.81. The molecule has 0 fully saturated rings. The minimum absolute atomic E-state index is 0.185. The van der Waals surface area contributed by atoms with E-state index in [0.29, 0.717) is 40.3 Å². The summed E-state index contributed by atoms with van der Waals surface area (Å²) in [5, 5.41) is 19.2. The Morgan fingerprint density at radius 3 is 2.97 bits per heavy atom. The molecule has 0 saturated carbocycles. The predicted octanol–water partition coefficient (Wildman–Crippen LogP) is 3.43. The Morgan fingerprint density at radius 1 is 1.47 bits per heavy atom. The first kappa shape index (κ1) is 21.3. The molecule has 0 aromatic carbocycles. The minimum Gasteiger partial charge on any atom is -0.477 e. The van der Waals surface area contributed by atoms with Crippen LogP contribution in [0.1, 0.15) is 28.8 Å². The van der Waals surface area contributed by atoms with Crippen LogP contribution in [0.15, 0.2) is 41.1 Å². The van der Waals surface area contributed by atoms with E-state index < -0.39 is 5.91 Å². The lowest BCUT2D eigenvalue weighted by molar-refractivity contribution is 0.0996. The summed E-state index contributed by atoms with van der Waals surface area (Å²) in [5.74, 6) is 0.213. The third-order valence-corrected chi connectivity index (χ3v) is 5.33. The molecule has 3 heterocycles. The predicted molar refractivity (Wildman–Crippen MR) is 116 cm³/mol. The van der Waals surface area contributed by atoms with Crippen LogP contribution in [0.2, 0.25) is 0 Å². The van der Waals surface area contributed by atoms with Gasteiger partial charge in [-0.05, 0) is 43.8 Å². The minimum atomic E-state index is -0.404. The Balaban J connectivity index is 1.89. The van der Waals surface area contributed by atoms with Gasteiger partial charge in [0.2, 0.25) is 5.88 Å². The van der Waals surface area contributed by atoms with E-state index >= 15 is 0 Å². The number of hydrogen-bond acceptors (Lipinski definition) is 9. The van der Waals surface area contributed by atoms with E-state index in [2.05, 4.69) is 15.3 Å². The maximum Gasteiger partial charge on any atom is 0.292 e. The van der Waals surface area contributed by atoms with Gasteiger partial charge in [0, 0.05) is 24.2 Å². The summed E-state index contributed by atoms with van der Waals surface area (Å²) >= 11 is 1.31. The molecule has 0 aliphatic rings. The van der Waals surface area contributed by atoms with Gasteiger partial charge in [0.25, 0.3) is 5.91 Å². The van der Waals surface area contributed by atoms with Crippen LogP contribution in [-0.4, -0.2) is 41.0 Å². The molecule has 0 bridgehead atoms. The standard InChI is InChI=1S/C20H22N6O3S/c1-2-28-19-17(16(23)13(11-22)5-7-21)30-20(26-19)12-6-8-24-15(10-12)25-18(27)14-4-3-9-29-14/h3-4,6-10,13,21,23H,2,5,11,22H2,1H3,(H,24,25,27). The first-order valence-electron chi connectivity index (χ1n) is 9.30. The number of hydrogen-bond donors (Lipinski definition) is 4. The molecular weight excluding hydrogens is 404 g/mol. The van der Waals surface area contributed by atoms with Gasteiger partial charge in [-0.2, -0.15) is 0 Å². The SMILES string of the molecule is CCOc1nc(-c2ccnc(NC(=O)c3ccco3)c2)sc1C(=N)C(CN)CC=N. The van der Waals surface area contributed by atoms with E-state index in [0.717, 1.165) is 5.56 Å². The smallest absolute Gasteiger partial charge is 0.292 e. The molecule has 1 unspecified atom stereocenters. The fourth-order valence-electron chi connectivity index (χ4n) is 2.71. The number of amides is 1. The molecular formula is C20H22N6O3S. The van der Waals surface area contributed by atoms with Crippen molar-refractivity contribution >= 4 is 35.0 Å². The fourth-order valence-corrected chi connectivity index (χ4v) is 3.75. The van der Waals surface area contributed by atoms with Crippen molar-refractivity contribution in [2.75, 3.05) is 18.5 Å². The second-order valence-electron chi connectivity index (χ2n) is 6.23. The van der Waals surface area contributed by atoms with Gasteiger partial charge in [0.1, 0.15) is 15.7 Å². The number of nitrogens with two attached hydrogens (primary N) is 1. The molecule has 3 rings (SSSR count). The van der Waals surface area contributed by atoms with Crippen molar-refractivity contribution in [2.24, 2.45) is 11.7 Å². The first-order valence-corrected chi connectivity index (χ1v) is 10.1. The third-order valence-electron chi connectivity index (χ3n) is 4.21. The summed E-state index contributed by atoms with van der Waals surface area (Å²) in [6.07, 6.45) is 4.63. The molecule has 0 radical (unpaired) electrons. The number of anilines is 1. The second-order valence-corrected chi connectivity index (χ2v) is 7.23. The molecule has 0 saturated heterocycles. The number of ether oxygens (including phenoxy) is 1. The summed E-state index contributed by atoms with van der Waals surface area (Å²) in [4.78, 5) is 21.5. The highest BCUT2D eigenvalue weighted by Gasteiger charge is 2.23. The number of rotatable bonds is 10. The number of nitrogens with one attached hydrogen (secondary N) is 3. The number of carbonyl (C=O) groups excluding carboxylic acids is 1. The lowest BCUT2D eigenvalue weighted by Gasteiger charge is -2.13. The van der Waals surface area contributed by atoms with Gasteiger partial charge < -0.3 is 31.0 Å². The molecule has 1 amide bonds. The van der Waals surface area contributed by atoms with Crippen LogP contribution in [0.25, 0.3) is 10.6 Å². The molecule has 0 spiro atoms. The van der Waals surface area contributed by atoms with Crippen molar-refractivity contribution in [3.8, 4) is 16.5 Å². The Labute approximate surface area is 177 Å². The zero-order valence-electron chi connectivity index (χ0n) is 16.3. The van der Waals surface area contributed by atoms with Gasteiger partial charge in [-0.3, -0.25) is 4.79 Å². The topological polar surface area (TPSA) is 151 Å². The van der Waals surface area contributed by atoms with Crippen molar-refractivity contribution in [3.63, 3.8) is 0 Å². The van der Waals surface area contributed by atoms with Crippen LogP contribution in [0.3, 0.4) is 0 Å². The van der Waals surface area contributed by atoms with Crippen molar-refractivity contribution in [1.29, 1.82) is 10.8 Å². The first-order chi connectivity index (χ1) is 14.6. The molecule has 10 heteroatoms. The van der Waals surface area contributed by atoms with Crippen LogP contribution >= 0.6 is 11.3 Å². The zero-order valence-corrected chi connectivity index (χ0v) is 17.2. The highest BCUT2D eigenvalue weighted by Crippen LogP contribution is 2.35. The molecule has 9 nitrogen and oxygen atoms in total. The van der Waals surface area contributed by atoms with E-state index in [4.69, 9.17) is 25.7 Å². The Morgan fingerprint density at radius 2 is 2.30 bits per heavy atom. The molecule has 3 aromatic heterocycles. The Kier molecular flexibility index (Phi) is 7.04. The van der Waals surface area contributed by atoms with Crippen molar-refractivity contribution < 1.29 is 13.9 Å². The summed E-state index contributed by atoms with van der Waals surface area (Å²) in [7, 11) is 0. The Hall–Kier alpha value is -3.37. The van der Waals surface area contributed by atoms with Crippen LogP contribution < -0.4 is 15.8 Å². The van der Waals surface area contributed by atoms with Crippen LogP contribution in [0, 0.1) is 16.7 Å². The summed E-state index contributed by atoms with van der Waals surface area (Å²) in [6, 6.07) is 6.66. The van der Waals surface area contributed by atoms with E-state index in [-0.39, 0.29) is 18.2 Å². The second kappa shape index (κ2) is 9.90. The lowest BCUT2D eigenvalue weighted by Crippen LogP contribution is -2.24. The van der Waals surface area contributed by atoms with Crippen LogP contribution in [0.4, 0.5) is 5.82 Å². The Bertz CT molecular complexity index is 1030. The van der Waals surface area contributed by atoms with Gasteiger partial charge in [0.05, 0.1) is 18.6 Å². The average Bonchev–Trinajstić information content (AvgIpc) is 3.42. The number of carbonyl (C=O) groups is 1. The van der Waals surface area contributed by atoms with Crippen molar-refractivity contribution in [1.82, 2.24) is 9.97 Å². The number of nitrogens with zero attached hydrogens (tertiary/aromatic N) is 2. The van der Waals surface area contributed by atoms with Crippen molar-refractivity contribution in [3.05, 3.63) is 47.4 Å². The fraction of sp³-hybridized carbons (Fsp3) is 0.250. The highest BCUT2D eigenvalue weighted by atomic mass is 32.1. The maximum absolute atomic E-state index is 12.2. The van der Waals surface area contributed by atoms with E-state index in [9.17, 15) is 4.79 Å². The molecule has 30 heavy (non-hydrogen) atoms. The molecule has 0 aliphatic carbocycles. The van der Waals surface area contributed by atoms with Crippen LogP contribution in [0.5, 0.6) is 5.88 Å². The molecule has 156 valence electrons. The zero-order chi connectivity index (χ0) is 21.5. The molecule has 1 atom stereocenters. The summed E-state index contributed by atoms with van der Waals surface area (Å²) in [6.45, 7) is 2.51. The third kappa shape index (κ3) is 4.78. The van der Waals surface area contributed by atoms with Gasteiger partial charge >= 0.3 is 0 Å². The largest absolute Gasteiger partial charge is 0.477 e. The molecule has 3 aromatic rings. The van der Waals surface area contributed by atoms with E-state index in [1.807, 2.05) is 6.92 Å². The summed E-state index contributed by atoms with van der Waals surface area (Å²) < 4.78 is 10.7. The number of thiazole rings is 1.